The molecule has 0 atom stereocenters. The van der Waals surface area contributed by atoms with Gasteiger partial charge in [-0.2, -0.15) is 8.78 Å². The topological polar surface area (TPSA) is 34.5 Å². The quantitative estimate of drug-likeness (QED) is 0.389. The summed E-state index contributed by atoms with van der Waals surface area (Å²) < 4.78 is 37.2. The molecule has 0 aliphatic heterocycles. The molecule has 0 bridgehead atoms. The van der Waals surface area contributed by atoms with Crippen molar-refractivity contribution in [2.75, 3.05) is 12.4 Å². The zero-order valence-electron chi connectivity index (χ0n) is 11.4. The van der Waals surface area contributed by atoms with Crippen LogP contribution >= 0.6 is 23.1 Å². The Hall–Kier alpha value is -1.02. The van der Waals surface area contributed by atoms with Crippen molar-refractivity contribution in [3.05, 3.63) is 22.5 Å². The number of allylic oxidation sites excluding steroid dienone is 1. The molecule has 0 radical (unpaired) electrons. The van der Waals surface area contributed by atoms with E-state index < -0.39 is 11.9 Å². The summed E-state index contributed by atoms with van der Waals surface area (Å²) in [7, 11) is 0. The Kier molecular flexibility index (Phi) is 6.10. The number of thioether (sulfide) groups is 1. The smallest absolute Gasteiger partial charge is 0.301 e. The molecule has 1 aliphatic rings. The lowest BCUT2D eigenvalue weighted by atomic mass is 10.4. The summed E-state index contributed by atoms with van der Waals surface area (Å²) >= 11 is 2.64. The van der Waals surface area contributed by atoms with Gasteiger partial charge in [-0.05, 0) is 25.7 Å². The van der Waals surface area contributed by atoms with Crippen LogP contribution in [-0.2, 0) is 4.84 Å². The van der Waals surface area contributed by atoms with Gasteiger partial charge in [0.15, 0.2) is 10.2 Å². The minimum Gasteiger partial charge on any atom is -0.395 e. The van der Waals surface area contributed by atoms with Crippen molar-refractivity contribution >= 4 is 29.3 Å². The molecule has 0 N–H and O–H groups in total. The van der Waals surface area contributed by atoms with Crippen LogP contribution in [0.5, 0.6) is 0 Å². The molecule has 1 heterocycles. The Labute approximate surface area is 129 Å². The summed E-state index contributed by atoms with van der Waals surface area (Å²) in [5.74, 6) is -0.481. The second kappa shape index (κ2) is 7.84. The van der Waals surface area contributed by atoms with Gasteiger partial charge in [0.25, 0.3) is 0 Å². The first-order chi connectivity index (χ1) is 10.1. The Morgan fingerprint density at radius 3 is 2.90 bits per heavy atom. The first kappa shape index (κ1) is 16.4. The number of halogens is 3. The summed E-state index contributed by atoms with van der Waals surface area (Å²) in [5.41, 5.74) is 0.800. The Bertz CT molecular complexity index is 538. The van der Waals surface area contributed by atoms with Crippen LogP contribution in [0.3, 0.4) is 0 Å². The zero-order valence-corrected chi connectivity index (χ0v) is 13.1. The van der Waals surface area contributed by atoms with Crippen LogP contribution < -0.4 is 0 Å². The van der Waals surface area contributed by atoms with Gasteiger partial charge in [0, 0.05) is 12.2 Å². The van der Waals surface area contributed by atoms with Crippen LogP contribution in [0.4, 0.5) is 13.2 Å². The van der Waals surface area contributed by atoms with Crippen LogP contribution in [-0.4, -0.2) is 23.6 Å². The lowest BCUT2D eigenvalue weighted by Crippen LogP contribution is -1.90. The molecule has 1 aromatic heterocycles. The molecule has 21 heavy (non-hydrogen) atoms. The summed E-state index contributed by atoms with van der Waals surface area (Å²) in [5, 5.41) is 3.90. The van der Waals surface area contributed by atoms with Crippen molar-refractivity contribution < 1.29 is 18.0 Å². The van der Waals surface area contributed by atoms with Crippen LogP contribution in [0.2, 0.25) is 0 Å². The fraction of sp³-hybridized carbons (Fsp3) is 0.538. The van der Waals surface area contributed by atoms with E-state index in [-0.39, 0.29) is 12.2 Å². The summed E-state index contributed by atoms with van der Waals surface area (Å²) in [6.07, 6.45) is 1.49. The second-order valence-corrected chi connectivity index (χ2v) is 7.04. The van der Waals surface area contributed by atoms with Gasteiger partial charge in [0.1, 0.15) is 6.61 Å². The maximum Gasteiger partial charge on any atom is 0.301 e. The lowest BCUT2D eigenvalue weighted by Gasteiger charge is -1.95. The van der Waals surface area contributed by atoms with Crippen LogP contribution in [0.1, 0.15) is 29.8 Å². The zero-order chi connectivity index (χ0) is 15.2. The van der Waals surface area contributed by atoms with Gasteiger partial charge in [-0.3, -0.25) is 0 Å². The summed E-state index contributed by atoms with van der Waals surface area (Å²) in [6, 6.07) is 0. The van der Waals surface area contributed by atoms with E-state index in [1.807, 2.05) is 6.92 Å². The number of nitrogens with zero attached hydrogens (tertiary/aromatic N) is 2. The maximum absolute atomic E-state index is 12.7. The molecule has 1 saturated carbocycles. The largest absolute Gasteiger partial charge is 0.395 e. The van der Waals surface area contributed by atoms with E-state index in [1.165, 1.54) is 35.9 Å². The van der Waals surface area contributed by atoms with Crippen molar-refractivity contribution in [2.24, 2.45) is 11.1 Å². The molecule has 1 aliphatic carbocycles. The molecule has 8 heteroatoms. The van der Waals surface area contributed by atoms with Gasteiger partial charge >= 0.3 is 6.08 Å². The van der Waals surface area contributed by atoms with E-state index in [4.69, 9.17) is 4.84 Å². The lowest BCUT2D eigenvalue weighted by molar-refractivity contribution is 0.135. The molecule has 0 spiro atoms. The van der Waals surface area contributed by atoms with Gasteiger partial charge in [-0.1, -0.05) is 16.9 Å². The van der Waals surface area contributed by atoms with Crippen molar-refractivity contribution in [1.29, 1.82) is 0 Å². The Morgan fingerprint density at radius 1 is 1.48 bits per heavy atom. The fourth-order valence-corrected chi connectivity index (χ4v) is 3.48. The molecule has 1 fully saturated rings. The standard InChI is InChI=1S/C13H15F3N2OS2/c1-8-11(6-17-19-7-9-2-3-9)21-13(18-8)20-5-4-10(14)12(15)16/h6,9H,2-5,7H2,1H3/b17-6+. The van der Waals surface area contributed by atoms with E-state index >= 15 is 0 Å². The second-order valence-electron chi connectivity index (χ2n) is 4.67. The van der Waals surface area contributed by atoms with E-state index in [9.17, 15) is 13.2 Å². The summed E-state index contributed by atoms with van der Waals surface area (Å²) in [6.45, 7) is 2.49. The number of aryl methyl sites for hydroxylation is 1. The van der Waals surface area contributed by atoms with Crippen molar-refractivity contribution in [3.63, 3.8) is 0 Å². The van der Waals surface area contributed by atoms with Crippen LogP contribution in [0.15, 0.2) is 21.4 Å². The maximum atomic E-state index is 12.7. The highest BCUT2D eigenvalue weighted by Gasteiger charge is 2.21. The number of oxime groups is 1. The molecule has 0 aromatic carbocycles. The van der Waals surface area contributed by atoms with Gasteiger partial charge < -0.3 is 4.84 Å². The highest BCUT2D eigenvalue weighted by molar-refractivity contribution is 8.01. The minimum atomic E-state index is -2.24. The number of hydrogen-bond acceptors (Lipinski definition) is 5. The Morgan fingerprint density at radius 2 is 2.24 bits per heavy atom. The Balaban J connectivity index is 1.79. The van der Waals surface area contributed by atoms with Crippen molar-refractivity contribution in [2.45, 2.75) is 30.5 Å². The highest BCUT2D eigenvalue weighted by Crippen LogP contribution is 2.29. The van der Waals surface area contributed by atoms with Gasteiger partial charge in [-0.25, -0.2) is 9.37 Å². The van der Waals surface area contributed by atoms with Crippen LogP contribution in [0.25, 0.3) is 0 Å². The third kappa shape index (κ3) is 5.70. The molecular formula is C13H15F3N2OS2. The third-order valence-corrected chi connectivity index (χ3v) is 5.05. The first-order valence-electron chi connectivity index (χ1n) is 6.51. The average Bonchev–Trinajstić information content (AvgIpc) is 3.19. The van der Waals surface area contributed by atoms with E-state index in [2.05, 4.69) is 10.1 Å². The normalized spacial score (nSPS) is 14.7. The highest BCUT2D eigenvalue weighted by atomic mass is 32.2. The molecule has 0 amide bonds. The SMILES string of the molecule is Cc1nc(SCCC(F)=C(F)F)sc1/C=N/OCC1CC1. The number of thiazole rings is 1. The molecule has 116 valence electrons. The molecule has 2 rings (SSSR count). The first-order valence-corrected chi connectivity index (χ1v) is 8.31. The average molecular weight is 336 g/mol. The number of hydrogen-bond donors (Lipinski definition) is 0. The molecule has 3 nitrogen and oxygen atoms in total. The fourth-order valence-electron chi connectivity index (χ4n) is 1.40. The van der Waals surface area contributed by atoms with E-state index in [0.717, 1.165) is 10.6 Å². The molecule has 0 saturated heterocycles. The van der Waals surface area contributed by atoms with E-state index in [0.29, 0.717) is 16.9 Å². The number of rotatable bonds is 8. The summed E-state index contributed by atoms with van der Waals surface area (Å²) in [4.78, 5) is 10.3. The molecule has 1 aromatic rings. The van der Waals surface area contributed by atoms with Crippen molar-refractivity contribution in [1.82, 2.24) is 4.98 Å². The number of aromatic nitrogens is 1. The predicted octanol–water partition coefficient (Wildman–Crippen LogP) is 4.77. The molecular weight excluding hydrogens is 321 g/mol. The predicted molar refractivity (Wildman–Crippen MR) is 78.8 cm³/mol. The third-order valence-electron chi connectivity index (χ3n) is 2.82. The monoisotopic (exact) mass is 336 g/mol. The van der Waals surface area contributed by atoms with Crippen LogP contribution in [0, 0.1) is 12.8 Å². The van der Waals surface area contributed by atoms with E-state index in [1.54, 1.807) is 6.21 Å². The minimum absolute atomic E-state index is 0.227. The van der Waals surface area contributed by atoms with Gasteiger partial charge in [0.2, 0.25) is 0 Å². The van der Waals surface area contributed by atoms with Crippen molar-refractivity contribution in [3.8, 4) is 0 Å². The molecule has 0 unspecified atom stereocenters. The van der Waals surface area contributed by atoms with Gasteiger partial charge in [0.05, 0.1) is 16.8 Å². The van der Waals surface area contributed by atoms with Gasteiger partial charge in [-0.15, -0.1) is 11.3 Å².